The second kappa shape index (κ2) is 6.05. The minimum Gasteiger partial charge on any atom is -0.352 e. The average Bonchev–Trinajstić information content (AvgIpc) is 2.96. The van der Waals surface area contributed by atoms with Gasteiger partial charge in [0.25, 0.3) is 0 Å². The van der Waals surface area contributed by atoms with Crippen LogP contribution in [0.25, 0.3) is 0 Å². The quantitative estimate of drug-likeness (QED) is 0.772. The number of alkyl halides is 1. The second-order valence-electron chi connectivity index (χ2n) is 5.47. The molecule has 0 bridgehead atoms. The summed E-state index contributed by atoms with van der Waals surface area (Å²) in [7, 11) is 2.07. The Kier molecular flexibility index (Phi) is 4.79. The van der Waals surface area contributed by atoms with Crippen molar-refractivity contribution < 1.29 is 8.42 Å². The minimum atomic E-state index is -3.43. The first kappa shape index (κ1) is 15.8. The van der Waals surface area contributed by atoms with Gasteiger partial charge in [-0.3, -0.25) is 0 Å². The highest BCUT2D eigenvalue weighted by Crippen LogP contribution is 2.21. The van der Waals surface area contributed by atoms with E-state index in [2.05, 4.69) is 4.90 Å². The van der Waals surface area contributed by atoms with E-state index in [4.69, 9.17) is 11.6 Å². The van der Waals surface area contributed by atoms with E-state index >= 15 is 0 Å². The molecule has 0 saturated carbocycles. The van der Waals surface area contributed by atoms with Crippen molar-refractivity contribution in [2.24, 2.45) is 7.05 Å². The van der Waals surface area contributed by atoms with Crippen molar-refractivity contribution in [3.63, 3.8) is 0 Å². The number of aryl methyl sites for hydroxylation is 1. The summed E-state index contributed by atoms with van der Waals surface area (Å²) < 4.78 is 28.3. The van der Waals surface area contributed by atoms with Crippen LogP contribution in [0.5, 0.6) is 0 Å². The van der Waals surface area contributed by atoms with Gasteiger partial charge in [-0.1, -0.05) is 0 Å². The number of nitrogens with zero attached hydrogens (tertiary/aromatic N) is 3. The molecule has 0 radical (unpaired) electrons. The van der Waals surface area contributed by atoms with Crippen LogP contribution in [0.4, 0.5) is 0 Å². The summed E-state index contributed by atoms with van der Waals surface area (Å²) in [6.45, 7) is 1.57. The molecule has 1 fully saturated rings. The van der Waals surface area contributed by atoms with Gasteiger partial charge in [-0.05, 0) is 32.5 Å². The fourth-order valence-electron chi connectivity index (χ4n) is 2.64. The van der Waals surface area contributed by atoms with Crippen LogP contribution in [0.3, 0.4) is 0 Å². The number of rotatable bonds is 5. The number of likely N-dealkylation sites (N-methyl/N-ethyl adjacent to an activating group) is 2. The van der Waals surface area contributed by atoms with Crippen LogP contribution in [0.1, 0.15) is 18.5 Å². The summed E-state index contributed by atoms with van der Waals surface area (Å²) in [6, 6.07) is 1.96. The molecule has 2 heterocycles. The summed E-state index contributed by atoms with van der Waals surface area (Å²) >= 11 is 5.80. The van der Waals surface area contributed by atoms with Gasteiger partial charge in [0.05, 0.1) is 5.88 Å². The number of aromatic nitrogens is 1. The van der Waals surface area contributed by atoms with Crippen molar-refractivity contribution in [1.82, 2.24) is 13.8 Å². The monoisotopic (exact) mass is 319 g/mol. The number of halogens is 1. The average molecular weight is 320 g/mol. The molecule has 0 spiro atoms. The molecule has 1 unspecified atom stereocenters. The molecule has 1 atom stereocenters. The third kappa shape index (κ3) is 3.03. The zero-order valence-electron chi connectivity index (χ0n) is 12.2. The zero-order valence-corrected chi connectivity index (χ0v) is 13.8. The van der Waals surface area contributed by atoms with Crippen molar-refractivity contribution in [1.29, 1.82) is 0 Å². The predicted molar refractivity (Wildman–Crippen MR) is 80.4 cm³/mol. The van der Waals surface area contributed by atoms with Gasteiger partial charge in [-0.2, -0.15) is 4.31 Å². The summed E-state index contributed by atoms with van der Waals surface area (Å²) in [6.07, 6.45) is 3.82. The zero-order chi connectivity index (χ0) is 14.9. The van der Waals surface area contributed by atoms with Gasteiger partial charge >= 0.3 is 0 Å². The molecule has 0 N–H and O–H groups in total. The van der Waals surface area contributed by atoms with Gasteiger partial charge in [0, 0.05) is 38.6 Å². The van der Waals surface area contributed by atoms with Crippen LogP contribution in [0.15, 0.2) is 17.2 Å². The van der Waals surface area contributed by atoms with Crippen LogP contribution in [0, 0.1) is 0 Å². The third-order valence-corrected chi connectivity index (χ3v) is 6.13. The lowest BCUT2D eigenvalue weighted by molar-refractivity contribution is 0.271. The van der Waals surface area contributed by atoms with E-state index in [9.17, 15) is 8.42 Å². The Morgan fingerprint density at radius 2 is 2.15 bits per heavy atom. The standard InChI is InChI=1S/C13H22ClN3O2S/c1-15-6-4-5-11(15)9-17(3)20(18,19)13-7-12(8-14)16(2)10-13/h7,10-11H,4-6,8-9H2,1-3H3. The Morgan fingerprint density at radius 1 is 1.45 bits per heavy atom. The molecule has 5 nitrogen and oxygen atoms in total. The lowest BCUT2D eigenvalue weighted by Crippen LogP contribution is -2.39. The number of hydrogen-bond donors (Lipinski definition) is 0. The maximum atomic E-state index is 12.6. The molecule has 0 amide bonds. The van der Waals surface area contributed by atoms with Crippen molar-refractivity contribution in [2.75, 3.05) is 27.2 Å². The molecule has 2 rings (SSSR count). The third-order valence-electron chi connectivity index (χ3n) is 4.07. The van der Waals surface area contributed by atoms with Crippen LogP contribution >= 0.6 is 11.6 Å². The molecule has 1 aromatic rings. The fourth-order valence-corrected chi connectivity index (χ4v) is 4.21. The summed E-state index contributed by atoms with van der Waals surface area (Å²) in [5.41, 5.74) is 0.802. The van der Waals surface area contributed by atoms with Crippen LogP contribution in [0.2, 0.25) is 0 Å². The first-order chi connectivity index (χ1) is 9.36. The highest BCUT2D eigenvalue weighted by molar-refractivity contribution is 7.89. The van der Waals surface area contributed by atoms with E-state index in [-0.39, 0.29) is 0 Å². The maximum Gasteiger partial charge on any atom is 0.244 e. The van der Waals surface area contributed by atoms with Gasteiger partial charge in [-0.15, -0.1) is 11.6 Å². The first-order valence-electron chi connectivity index (χ1n) is 6.74. The summed E-state index contributed by atoms with van der Waals surface area (Å²) in [4.78, 5) is 2.54. The van der Waals surface area contributed by atoms with Gasteiger partial charge in [0.2, 0.25) is 10.0 Å². The van der Waals surface area contributed by atoms with E-state index in [0.29, 0.717) is 23.4 Å². The molecule has 7 heteroatoms. The van der Waals surface area contributed by atoms with E-state index < -0.39 is 10.0 Å². The summed E-state index contributed by atoms with van der Waals surface area (Å²) in [5, 5.41) is 0. The molecular formula is C13H22ClN3O2S. The van der Waals surface area contributed by atoms with Crippen molar-refractivity contribution in [3.8, 4) is 0 Å². The summed E-state index contributed by atoms with van der Waals surface area (Å²) in [5.74, 6) is 0.307. The first-order valence-corrected chi connectivity index (χ1v) is 8.71. The predicted octanol–water partition coefficient (Wildman–Crippen LogP) is 1.48. The SMILES string of the molecule is CN1CCCC1CN(C)S(=O)(=O)c1cc(CCl)n(C)c1. The smallest absolute Gasteiger partial charge is 0.244 e. The van der Waals surface area contributed by atoms with Crippen LogP contribution in [-0.2, 0) is 23.0 Å². The Balaban J connectivity index is 2.16. The molecule has 1 aliphatic rings. The van der Waals surface area contributed by atoms with Gasteiger partial charge in [-0.25, -0.2) is 8.42 Å². The highest BCUT2D eigenvalue weighted by atomic mass is 35.5. The fraction of sp³-hybridized carbons (Fsp3) is 0.692. The highest BCUT2D eigenvalue weighted by Gasteiger charge is 2.28. The lowest BCUT2D eigenvalue weighted by atomic mass is 10.2. The molecule has 0 aliphatic carbocycles. The largest absolute Gasteiger partial charge is 0.352 e. The van der Waals surface area contributed by atoms with Crippen LogP contribution < -0.4 is 0 Å². The van der Waals surface area contributed by atoms with Gasteiger partial charge in [0.1, 0.15) is 4.90 Å². The Morgan fingerprint density at radius 3 is 2.65 bits per heavy atom. The number of sulfonamides is 1. The molecule has 20 heavy (non-hydrogen) atoms. The molecule has 1 aromatic heterocycles. The number of hydrogen-bond acceptors (Lipinski definition) is 3. The van der Waals surface area contributed by atoms with E-state index in [0.717, 1.165) is 25.1 Å². The van der Waals surface area contributed by atoms with Gasteiger partial charge in [0.15, 0.2) is 0 Å². The van der Waals surface area contributed by atoms with Crippen molar-refractivity contribution >= 4 is 21.6 Å². The Bertz CT molecular complexity index is 570. The van der Waals surface area contributed by atoms with Crippen molar-refractivity contribution in [3.05, 3.63) is 18.0 Å². The lowest BCUT2D eigenvalue weighted by Gasteiger charge is -2.25. The van der Waals surface area contributed by atoms with Gasteiger partial charge < -0.3 is 9.47 Å². The normalized spacial score (nSPS) is 20.9. The molecular weight excluding hydrogens is 298 g/mol. The maximum absolute atomic E-state index is 12.6. The van der Waals surface area contributed by atoms with Crippen molar-refractivity contribution in [2.45, 2.75) is 29.7 Å². The molecule has 1 aliphatic heterocycles. The molecule has 114 valence electrons. The van der Waals surface area contributed by atoms with E-state index in [1.165, 1.54) is 4.31 Å². The molecule has 0 aromatic carbocycles. The van der Waals surface area contributed by atoms with E-state index in [1.807, 2.05) is 14.1 Å². The Hall–Kier alpha value is -0.560. The van der Waals surface area contributed by atoms with E-state index in [1.54, 1.807) is 23.9 Å². The Labute approximate surface area is 126 Å². The minimum absolute atomic E-state index is 0.307. The topological polar surface area (TPSA) is 45.6 Å². The van der Waals surface area contributed by atoms with Crippen LogP contribution in [-0.4, -0.2) is 55.4 Å². The molecule has 1 saturated heterocycles. The number of likely N-dealkylation sites (tertiary alicyclic amines) is 1. The second-order valence-corrected chi connectivity index (χ2v) is 7.79.